The average molecular weight is 435 g/mol. The van der Waals surface area contributed by atoms with E-state index < -0.39 is 0 Å². The first-order chi connectivity index (χ1) is 15.1. The third-order valence-electron chi connectivity index (χ3n) is 4.38. The summed E-state index contributed by atoms with van der Waals surface area (Å²) in [6.45, 7) is 2.68. The first-order valence-corrected chi connectivity index (χ1v) is 11.0. The van der Waals surface area contributed by atoms with Crippen LogP contribution in [0.3, 0.4) is 0 Å². The summed E-state index contributed by atoms with van der Waals surface area (Å²) in [6, 6.07) is 17.9. The molecule has 0 aliphatic rings. The maximum absolute atomic E-state index is 11.3. The second kappa shape index (κ2) is 11.8. The minimum atomic E-state index is -0.357. The number of carbonyl (C=O) groups excluding carboxylic acids is 1. The molecule has 0 spiro atoms. The predicted molar refractivity (Wildman–Crippen MR) is 125 cm³/mol. The van der Waals surface area contributed by atoms with E-state index in [0.717, 1.165) is 27.6 Å². The van der Waals surface area contributed by atoms with Crippen molar-refractivity contribution in [1.29, 1.82) is 0 Å². The molecule has 1 unspecified atom stereocenters. The van der Waals surface area contributed by atoms with Crippen LogP contribution in [-0.2, 0) is 22.6 Å². The lowest BCUT2D eigenvalue weighted by Gasteiger charge is -2.10. The average Bonchev–Trinajstić information content (AvgIpc) is 3.26. The molecule has 1 aromatic heterocycles. The first kappa shape index (κ1) is 22.5. The SMILES string of the molecule is CCOC(=O)/C=C\C=C\c1csc(C(N)Cc2ccc(OCc3ccccc3)cc2)n1. The van der Waals surface area contributed by atoms with Gasteiger partial charge < -0.3 is 15.2 Å². The largest absolute Gasteiger partial charge is 0.489 e. The molecule has 3 aromatic rings. The van der Waals surface area contributed by atoms with Gasteiger partial charge in [0.2, 0.25) is 0 Å². The van der Waals surface area contributed by atoms with Gasteiger partial charge in [-0.05, 0) is 42.7 Å². The summed E-state index contributed by atoms with van der Waals surface area (Å²) < 4.78 is 10.7. The highest BCUT2D eigenvalue weighted by atomic mass is 32.1. The standard InChI is InChI=1S/C25H26N2O3S/c1-2-29-24(28)11-7-6-10-21-18-31-25(27-21)23(26)16-19-12-14-22(15-13-19)30-17-20-8-4-3-5-9-20/h3-15,18,23H,2,16-17,26H2,1H3/b10-6+,11-7-. The topological polar surface area (TPSA) is 74.4 Å². The Labute approximate surface area is 186 Å². The third kappa shape index (κ3) is 7.51. The minimum absolute atomic E-state index is 0.182. The Morgan fingerprint density at radius 2 is 1.87 bits per heavy atom. The number of rotatable bonds is 10. The number of aromatic nitrogens is 1. The third-order valence-corrected chi connectivity index (χ3v) is 5.38. The van der Waals surface area contributed by atoms with Gasteiger partial charge in [0.15, 0.2) is 0 Å². The number of hydrogen-bond acceptors (Lipinski definition) is 6. The van der Waals surface area contributed by atoms with Gasteiger partial charge in [0, 0.05) is 11.5 Å². The monoisotopic (exact) mass is 434 g/mol. The summed E-state index contributed by atoms with van der Waals surface area (Å²) >= 11 is 1.53. The van der Waals surface area contributed by atoms with E-state index in [2.05, 4.69) is 4.98 Å². The van der Waals surface area contributed by atoms with Crippen molar-refractivity contribution in [1.82, 2.24) is 4.98 Å². The molecule has 5 nitrogen and oxygen atoms in total. The molecular formula is C25H26N2O3S. The minimum Gasteiger partial charge on any atom is -0.489 e. The maximum Gasteiger partial charge on any atom is 0.330 e. The molecule has 0 saturated heterocycles. The Kier molecular flexibility index (Phi) is 8.58. The zero-order valence-corrected chi connectivity index (χ0v) is 18.3. The predicted octanol–water partition coefficient (Wildman–Crippen LogP) is 5.10. The van der Waals surface area contributed by atoms with Gasteiger partial charge in [-0.25, -0.2) is 9.78 Å². The summed E-state index contributed by atoms with van der Waals surface area (Å²) in [6.07, 6.45) is 7.31. The number of benzene rings is 2. The molecule has 0 aliphatic carbocycles. The Morgan fingerprint density at radius 3 is 2.61 bits per heavy atom. The highest BCUT2D eigenvalue weighted by molar-refractivity contribution is 7.09. The zero-order valence-electron chi connectivity index (χ0n) is 17.4. The molecule has 160 valence electrons. The Bertz CT molecular complexity index is 1010. The van der Waals surface area contributed by atoms with E-state index in [1.807, 2.05) is 66.1 Å². The van der Waals surface area contributed by atoms with Crippen LogP contribution in [0, 0.1) is 0 Å². The van der Waals surface area contributed by atoms with Gasteiger partial charge in [-0.15, -0.1) is 11.3 Å². The van der Waals surface area contributed by atoms with E-state index >= 15 is 0 Å². The van der Waals surface area contributed by atoms with Gasteiger partial charge in [0.1, 0.15) is 17.4 Å². The summed E-state index contributed by atoms with van der Waals surface area (Å²) in [5.41, 5.74) is 9.44. The highest BCUT2D eigenvalue weighted by Gasteiger charge is 2.11. The van der Waals surface area contributed by atoms with E-state index in [4.69, 9.17) is 15.2 Å². The van der Waals surface area contributed by atoms with Crippen LogP contribution < -0.4 is 10.5 Å². The molecule has 2 N–H and O–H groups in total. The number of thiazole rings is 1. The highest BCUT2D eigenvalue weighted by Crippen LogP contribution is 2.22. The Balaban J connectivity index is 1.49. The lowest BCUT2D eigenvalue weighted by atomic mass is 10.1. The molecule has 0 saturated carbocycles. The normalized spacial score (nSPS) is 12.3. The van der Waals surface area contributed by atoms with Crippen molar-refractivity contribution >= 4 is 23.4 Å². The molecule has 31 heavy (non-hydrogen) atoms. The molecule has 3 rings (SSSR count). The molecular weight excluding hydrogens is 408 g/mol. The summed E-state index contributed by atoms with van der Waals surface area (Å²) in [5, 5.41) is 2.82. The Hall–Kier alpha value is -3.22. The van der Waals surface area contributed by atoms with Crippen molar-refractivity contribution in [3.05, 3.63) is 100 Å². The van der Waals surface area contributed by atoms with Crippen LogP contribution in [0.1, 0.15) is 34.8 Å². The summed E-state index contributed by atoms with van der Waals surface area (Å²) in [4.78, 5) is 15.8. The van der Waals surface area contributed by atoms with Gasteiger partial charge >= 0.3 is 5.97 Å². The van der Waals surface area contributed by atoms with Gasteiger partial charge in [-0.2, -0.15) is 0 Å². The summed E-state index contributed by atoms with van der Waals surface area (Å²) in [5.74, 6) is 0.475. The molecule has 2 aromatic carbocycles. The lowest BCUT2D eigenvalue weighted by Crippen LogP contribution is -2.13. The van der Waals surface area contributed by atoms with E-state index in [1.54, 1.807) is 19.1 Å². The van der Waals surface area contributed by atoms with Gasteiger partial charge in [0.25, 0.3) is 0 Å². The number of esters is 1. The summed E-state index contributed by atoms with van der Waals surface area (Å²) in [7, 11) is 0. The van der Waals surface area contributed by atoms with Crippen LogP contribution in [0.5, 0.6) is 5.75 Å². The Morgan fingerprint density at radius 1 is 1.10 bits per heavy atom. The second-order valence-corrected chi connectivity index (χ2v) is 7.70. The number of allylic oxidation sites excluding steroid dienone is 2. The van der Waals surface area contributed by atoms with Crippen molar-refractivity contribution in [2.75, 3.05) is 6.61 Å². The van der Waals surface area contributed by atoms with Crippen molar-refractivity contribution in [2.24, 2.45) is 5.73 Å². The smallest absolute Gasteiger partial charge is 0.330 e. The molecule has 1 atom stereocenters. The first-order valence-electron chi connectivity index (χ1n) is 10.1. The van der Waals surface area contributed by atoms with Crippen molar-refractivity contribution in [3.8, 4) is 5.75 Å². The van der Waals surface area contributed by atoms with E-state index in [1.165, 1.54) is 17.4 Å². The zero-order chi connectivity index (χ0) is 21.9. The number of ether oxygens (including phenoxy) is 2. The van der Waals surface area contributed by atoms with Crippen LogP contribution in [0.2, 0.25) is 0 Å². The van der Waals surface area contributed by atoms with Crippen molar-refractivity contribution in [3.63, 3.8) is 0 Å². The molecule has 0 radical (unpaired) electrons. The molecule has 0 amide bonds. The van der Waals surface area contributed by atoms with Gasteiger partial charge in [-0.3, -0.25) is 0 Å². The number of nitrogens with zero attached hydrogens (tertiary/aromatic N) is 1. The van der Waals surface area contributed by atoms with Gasteiger partial charge in [0.05, 0.1) is 18.3 Å². The number of hydrogen-bond donors (Lipinski definition) is 1. The molecule has 1 heterocycles. The van der Waals surface area contributed by atoms with Crippen molar-refractivity contribution < 1.29 is 14.3 Å². The fourth-order valence-corrected chi connectivity index (χ4v) is 3.62. The lowest BCUT2D eigenvalue weighted by molar-refractivity contribution is -0.137. The quantitative estimate of drug-likeness (QED) is 0.273. The van der Waals surface area contributed by atoms with E-state index in [-0.39, 0.29) is 12.0 Å². The van der Waals surface area contributed by atoms with Crippen molar-refractivity contribution in [2.45, 2.75) is 26.0 Å². The molecule has 0 aliphatic heterocycles. The maximum atomic E-state index is 11.3. The van der Waals surface area contributed by atoms with Crippen LogP contribution >= 0.6 is 11.3 Å². The molecule has 0 fully saturated rings. The molecule has 0 bridgehead atoms. The van der Waals surface area contributed by atoms with Crippen LogP contribution in [0.15, 0.2) is 78.2 Å². The fourth-order valence-electron chi connectivity index (χ4n) is 2.83. The van der Waals surface area contributed by atoms with E-state index in [9.17, 15) is 4.79 Å². The van der Waals surface area contributed by atoms with Crippen LogP contribution in [0.25, 0.3) is 6.08 Å². The molecule has 6 heteroatoms. The van der Waals surface area contributed by atoms with Gasteiger partial charge in [-0.1, -0.05) is 54.6 Å². The fraction of sp³-hybridized carbons (Fsp3) is 0.200. The second-order valence-electron chi connectivity index (χ2n) is 6.81. The van der Waals surface area contributed by atoms with E-state index in [0.29, 0.717) is 19.6 Å². The van der Waals surface area contributed by atoms with Crippen LogP contribution in [0.4, 0.5) is 0 Å². The number of carbonyl (C=O) groups is 1. The number of nitrogens with two attached hydrogens (primary N) is 1. The van der Waals surface area contributed by atoms with Crippen LogP contribution in [-0.4, -0.2) is 17.6 Å².